The van der Waals surface area contributed by atoms with Crippen molar-refractivity contribution in [2.75, 3.05) is 25.5 Å². The van der Waals surface area contributed by atoms with Crippen LogP contribution in [-0.2, 0) is 6.54 Å². The molecule has 5 rings (SSSR count). The SMILES string of the molecule is COc1ccc(-c2ccc(C(=O)Nc3cc4ncc(CN5CCCC5)cc4cc3C)cc2F)cc1. The van der Waals surface area contributed by atoms with Gasteiger partial charge in [-0.05, 0) is 92.0 Å². The van der Waals surface area contributed by atoms with Crippen LogP contribution < -0.4 is 10.1 Å². The van der Waals surface area contributed by atoms with Crippen LogP contribution in [0, 0.1) is 12.7 Å². The fourth-order valence-electron chi connectivity index (χ4n) is 4.61. The first-order valence-electron chi connectivity index (χ1n) is 11.9. The highest BCUT2D eigenvalue weighted by molar-refractivity contribution is 6.05. The number of hydrogen-bond donors (Lipinski definition) is 1. The number of likely N-dealkylation sites (tertiary alicyclic amines) is 1. The fraction of sp³-hybridized carbons (Fsp3) is 0.241. The van der Waals surface area contributed by atoms with Crippen LogP contribution in [0.25, 0.3) is 22.0 Å². The molecule has 1 saturated heterocycles. The summed E-state index contributed by atoms with van der Waals surface area (Å²) in [5.74, 6) is -0.114. The lowest BCUT2D eigenvalue weighted by molar-refractivity contribution is 0.102. The van der Waals surface area contributed by atoms with Crippen molar-refractivity contribution in [3.63, 3.8) is 0 Å². The zero-order valence-corrected chi connectivity index (χ0v) is 20.0. The molecule has 3 aromatic carbocycles. The highest BCUT2D eigenvalue weighted by atomic mass is 19.1. The number of nitrogens with one attached hydrogen (secondary N) is 1. The average Bonchev–Trinajstić information content (AvgIpc) is 3.37. The lowest BCUT2D eigenvalue weighted by atomic mass is 10.0. The third-order valence-electron chi connectivity index (χ3n) is 6.57. The summed E-state index contributed by atoms with van der Waals surface area (Å²) >= 11 is 0. The molecule has 6 heteroatoms. The van der Waals surface area contributed by atoms with Crippen molar-refractivity contribution in [1.82, 2.24) is 9.88 Å². The molecule has 0 atom stereocenters. The lowest BCUT2D eigenvalue weighted by Gasteiger charge is -2.15. The second-order valence-corrected chi connectivity index (χ2v) is 9.06. The van der Waals surface area contributed by atoms with Gasteiger partial charge in [0.05, 0.1) is 12.6 Å². The minimum absolute atomic E-state index is 0.258. The van der Waals surface area contributed by atoms with E-state index in [4.69, 9.17) is 4.74 Å². The number of anilines is 1. The molecule has 1 aromatic heterocycles. The Labute approximate surface area is 204 Å². The van der Waals surface area contributed by atoms with Gasteiger partial charge in [-0.3, -0.25) is 14.7 Å². The molecule has 0 bridgehead atoms. The van der Waals surface area contributed by atoms with Crippen molar-refractivity contribution in [3.05, 3.63) is 89.4 Å². The Morgan fingerprint density at radius 1 is 1.06 bits per heavy atom. The summed E-state index contributed by atoms with van der Waals surface area (Å²) < 4.78 is 20.0. The molecule has 1 N–H and O–H groups in total. The van der Waals surface area contributed by atoms with E-state index < -0.39 is 5.82 Å². The zero-order chi connectivity index (χ0) is 24.4. The van der Waals surface area contributed by atoms with Gasteiger partial charge in [-0.1, -0.05) is 18.2 Å². The number of hydrogen-bond acceptors (Lipinski definition) is 4. The molecule has 35 heavy (non-hydrogen) atoms. The Morgan fingerprint density at radius 2 is 1.83 bits per heavy atom. The number of rotatable bonds is 6. The van der Waals surface area contributed by atoms with Crippen molar-refractivity contribution in [2.45, 2.75) is 26.3 Å². The van der Waals surface area contributed by atoms with Crippen LogP contribution in [0.4, 0.5) is 10.1 Å². The topological polar surface area (TPSA) is 54.5 Å². The monoisotopic (exact) mass is 469 g/mol. The predicted octanol–water partition coefficient (Wildman–Crippen LogP) is 6.21. The highest BCUT2D eigenvalue weighted by Gasteiger charge is 2.15. The molecule has 4 aromatic rings. The maximum absolute atomic E-state index is 14.9. The van der Waals surface area contributed by atoms with E-state index in [1.807, 2.05) is 25.3 Å². The average molecular weight is 470 g/mol. The van der Waals surface area contributed by atoms with Gasteiger partial charge in [0.1, 0.15) is 11.6 Å². The number of carbonyl (C=O) groups excluding carboxylic acids is 1. The third kappa shape index (κ3) is 5.03. The van der Waals surface area contributed by atoms with Gasteiger partial charge in [0.25, 0.3) is 5.91 Å². The summed E-state index contributed by atoms with van der Waals surface area (Å²) in [6.07, 6.45) is 4.43. The maximum Gasteiger partial charge on any atom is 0.255 e. The molecule has 5 nitrogen and oxygen atoms in total. The number of benzene rings is 3. The van der Waals surface area contributed by atoms with E-state index in [1.54, 1.807) is 43.5 Å². The smallest absolute Gasteiger partial charge is 0.255 e. The van der Waals surface area contributed by atoms with Gasteiger partial charge < -0.3 is 10.1 Å². The van der Waals surface area contributed by atoms with Crippen molar-refractivity contribution < 1.29 is 13.9 Å². The van der Waals surface area contributed by atoms with E-state index >= 15 is 0 Å². The van der Waals surface area contributed by atoms with Crippen molar-refractivity contribution >= 4 is 22.5 Å². The van der Waals surface area contributed by atoms with E-state index in [0.717, 1.165) is 41.7 Å². The number of ether oxygens (including phenoxy) is 1. The van der Waals surface area contributed by atoms with Gasteiger partial charge in [0, 0.05) is 34.9 Å². The van der Waals surface area contributed by atoms with Crippen LogP contribution >= 0.6 is 0 Å². The normalized spacial score (nSPS) is 13.8. The second-order valence-electron chi connectivity index (χ2n) is 9.06. The van der Waals surface area contributed by atoms with Crippen LogP contribution in [0.2, 0.25) is 0 Å². The Bertz CT molecular complexity index is 1380. The molecule has 0 radical (unpaired) electrons. The van der Waals surface area contributed by atoms with Crippen LogP contribution in [0.5, 0.6) is 5.75 Å². The number of aromatic nitrogens is 1. The Kier molecular flexibility index (Phi) is 6.47. The van der Waals surface area contributed by atoms with Crippen molar-refractivity contribution in [1.29, 1.82) is 0 Å². The van der Waals surface area contributed by atoms with Crippen LogP contribution in [0.15, 0.2) is 66.9 Å². The molecule has 1 amide bonds. The maximum atomic E-state index is 14.9. The number of aryl methyl sites for hydroxylation is 1. The van der Waals surface area contributed by atoms with E-state index in [-0.39, 0.29) is 11.5 Å². The Hall–Kier alpha value is -3.77. The van der Waals surface area contributed by atoms with E-state index in [1.165, 1.54) is 24.5 Å². The van der Waals surface area contributed by atoms with Gasteiger partial charge >= 0.3 is 0 Å². The second kappa shape index (κ2) is 9.84. The first-order valence-corrected chi connectivity index (χ1v) is 11.9. The number of carbonyl (C=O) groups is 1. The predicted molar refractivity (Wildman–Crippen MR) is 137 cm³/mol. The highest BCUT2D eigenvalue weighted by Crippen LogP contribution is 2.27. The number of amides is 1. The van der Waals surface area contributed by atoms with Gasteiger partial charge in [0.2, 0.25) is 0 Å². The van der Waals surface area contributed by atoms with Crippen LogP contribution in [0.3, 0.4) is 0 Å². The van der Waals surface area contributed by atoms with Crippen molar-refractivity contribution in [3.8, 4) is 16.9 Å². The van der Waals surface area contributed by atoms with Crippen molar-refractivity contribution in [2.24, 2.45) is 0 Å². The molecule has 1 aliphatic rings. The minimum atomic E-state index is -0.453. The first kappa shape index (κ1) is 23.0. The molecule has 1 aliphatic heterocycles. The standard InChI is InChI=1S/C29H28FN3O2/c1-19-13-23-14-20(18-33-11-3-4-12-33)17-31-28(23)16-27(19)32-29(34)22-7-10-25(26(30)15-22)21-5-8-24(35-2)9-6-21/h5-10,13-17H,3-4,11-12,18H2,1-2H3,(H,32,34). The summed E-state index contributed by atoms with van der Waals surface area (Å²) in [7, 11) is 1.59. The molecular formula is C29H28FN3O2. The quantitative estimate of drug-likeness (QED) is 0.365. The number of halogens is 1. The van der Waals surface area contributed by atoms with Crippen LogP contribution in [-0.4, -0.2) is 36.0 Å². The molecule has 178 valence electrons. The van der Waals surface area contributed by atoms with Gasteiger partial charge in [-0.15, -0.1) is 0 Å². The van der Waals surface area contributed by atoms with Gasteiger partial charge in [-0.2, -0.15) is 0 Å². The summed E-state index contributed by atoms with van der Waals surface area (Å²) in [5.41, 5.74) is 5.02. The molecule has 0 aliphatic carbocycles. The number of methoxy groups -OCH3 is 1. The Balaban J connectivity index is 1.33. The zero-order valence-electron chi connectivity index (χ0n) is 20.0. The summed E-state index contributed by atoms with van der Waals surface area (Å²) in [6.45, 7) is 5.15. The number of nitrogens with zero attached hydrogens (tertiary/aromatic N) is 2. The summed E-state index contributed by atoms with van der Waals surface area (Å²) in [4.78, 5) is 20.0. The molecule has 0 unspecified atom stereocenters. The minimum Gasteiger partial charge on any atom is -0.497 e. The van der Waals surface area contributed by atoms with E-state index in [9.17, 15) is 9.18 Å². The number of fused-ring (bicyclic) bond motifs is 1. The fourth-order valence-corrected chi connectivity index (χ4v) is 4.61. The van der Waals surface area contributed by atoms with Gasteiger partial charge in [0.15, 0.2) is 0 Å². The lowest BCUT2D eigenvalue weighted by Crippen LogP contribution is -2.18. The third-order valence-corrected chi connectivity index (χ3v) is 6.57. The summed E-state index contributed by atoms with van der Waals surface area (Å²) in [5, 5.41) is 3.97. The first-order chi connectivity index (χ1) is 17.0. The molecule has 0 saturated carbocycles. The number of pyridine rings is 1. The Morgan fingerprint density at radius 3 is 2.54 bits per heavy atom. The molecule has 1 fully saturated rings. The largest absolute Gasteiger partial charge is 0.497 e. The summed E-state index contributed by atoms with van der Waals surface area (Å²) in [6, 6.07) is 17.8. The van der Waals surface area contributed by atoms with E-state index in [0.29, 0.717) is 17.0 Å². The molecular weight excluding hydrogens is 441 g/mol. The molecule has 0 spiro atoms. The van der Waals surface area contributed by atoms with E-state index in [2.05, 4.69) is 21.3 Å². The molecule has 2 heterocycles. The van der Waals surface area contributed by atoms with Crippen LogP contribution in [0.1, 0.15) is 34.3 Å². The van der Waals surface area contributed by atoms with Gasteiger partial charge in [-0.25, -0.2) is 4.39 Å².